The molecule has 1 aliphatic rings. The number of carbonyl (C=O) groups excluding carboxylic acids is 1. The van der Waals surface area contributed by atoms with E-state index in [9.17, 15) is 9.59 Å². The van der Waals surface area contributed by atoms with Crippen molar-refractivity contribution in [2.24, 2.45) is 0 Å². The fourth-order valence-corrected chi connectivity index (χ4v) is 4.66. The van der Waals surface area contributed by atoms with Gasteiger partial charge in [-0.05, 0) is 47.5 Å². The molecule has 5 nitrogen and oxygen atoms in total. The zero-order valence-corrected chi connectivity index (χ0v) is 19.3. The molecule has 0 N–H and O–H groups in total. The van der Waals surface area contributed by atoms with Gasteiger partial charge in [0.15, 0.2) is 5.43 Å². The second-order valence-corrected chi connectivity index (χ2v) is 8.84. The number of rotatable bonds is 4. The number of fused-ring (bicyclic) bond motifs is 2. The first kappa shape index (κ1) is 20.8. The molecule has 1 amide bonds. The van der Waals surface area contributed by atoms with E-state index in [1.807, 2.05) is 42.5 Å². The number of benzene rings is 3. The summed E-state index contributed by atoms with van der Waals surface area (Å²) in [7, 11) is 1.59. The average Bonchev–Trinajstić information content (AvgIpc) is 3.08. The van der Waals surface area contributed by atoms with Gasteiger partial charge in [0.25, 0.3) is 5.91 Å². The Morgan fingerprint density at radius 3 is 2.53 bits per heavy atom. The molecule has 0 spiro atoms. The molecule has 3 aromatic carbocycles. The van der Waals surface area contributed by atoms with Gasteiger partial charge < -0.3 is 14.1 Å². The summed E-state index contributed by atoms with van der Waals surface area (Å²) in [5.41, 5.74) is 2.05. The van der Waals surface area contributed by atoms with Crippen molar-refractivity contribution in [3.05, 3.63) is 109 Å². The maximum atomic E-state index is 13.6. The number of carbonyl (C=O) groups is 1. The Morgan fingerprint density at radius 2 is 1.81 bits per heavy atom. The summed E-state index contributed by atoms with van der Waals surface area (Å²) in [6, 6.07) is 19.3. The van der Waals surface area contributed by atoms with Crippen LogP contribution in [0.15, 0.2) is 80.4 Å². The number of hydrogen-bond acceptors (Lipinski definition) is 4. The van der Waals surface area contributed by atoms with Crippen LogP contribution in [-0.4, -0.2) is 17.9 Å². The van der Waals surface area contributed by atoms with Crippen LogP contribution in [0, 0.1) is 0 Å². The lowest BCUT2D eigenvalue weighted by molar-refractivity contribution is 0.0714. The molecular weight excluding hydrogens is 494 g/mol. The third-order valence-electron chi connectivity index (χ3n) is 5.66. The maximum Gasteiger partial charge on any atom is 0.291 e. The van der Waals surface area contributed by atoms with E-state index in [1.165, 1.54) is 0 Å². The molecular formula is C25H17BrClNO4. The Balaban J connectivity index is 1.73. The molecule has 1 aromatic heterocycles. The van der Waals surface area contributed by atoms with Crippen molar-refractivity contribution in [1.29, 1.82) is 0 Å². The maximum absolute atomic E-state index is 13.6. The lowest BCUT2D eigenvalue weighted by Gasteiger charge is -2.25. The van der Waals surface area contributed by atoms with E-state index in [-0.39, 0.29) is 23.6 Å². The molecule has 1 aliphatic heterocycles. The van der Waals surface area contributed by atoms with Crippen molar-refractivity contribution in [3.8, 4) is 5.75 Å². The van der Waals surface area contributed by atoms with Gasteiger partial charge >= 0.3 is 0 Å². The Labute approximate surface area is 197 Å². The molecule has 0 bridgehead atoms. The third-order valence-corrected chi connectivity index (χ3v) is 6.52. The van der Waals surface area contributed by atoms with E-state index in [1.54, 1.807) is 36.3 Å². The summed E-state index contributed by atoms with van der Waals surface area (Å²) >= 11 is 9.80. The fraction of sp³-hybridized carbons (Fsp3) is 0.120. The minimum Gasteiger partial charge on any atom is -0.497 e. The predicted molar refractivity (Wildman–Crippen MR) is 126 cm³/mol. The number of halogens is 2. The molecule has 0 radical (unpaired) electrons. The topological polar surface area (TPSA) is 59.8 Å². The van der Waals surface area contributed by atoms with E-state index in [2.05, 4.69) is 15.9 Å². The number of amides is 1. The highest BCUT2D eigenvalue weighted by Gasteiger charge is 2.42. The normalized spacial score (nSPS) is 15.3. The second-order valence-electron chi connectivity index (χ2n) is 7.51. The van der Waals surface area contributed by atoms with E-state index in [4.69, 9.17) is 20.8 Å². The van der Waals surface area contributed by atoms with Crippen LogP contribution in [0.3, 0.4) is 0 Å². The monoisotopic (exact) mass is 509 g/mol. The van der Waals surface area contributed by atoms with Gasteiger partial charge in [0, 0.05) is 16.0 Å². The van der Waals surface area contributed by atoms with Crippen LogP contribution in [0.2, 0.25) is 5.02 Å². The minimum atomic E-state index is -0.612. The predicted octanol–water partition coefficient (Wildman–Crippen LogP) is 5.96. The standard InChI is InChI=1S/C25H17BrClNO4/c1-31-17-9-6-14(7-10-17)22-21-23(29)18-12-16(26)8-11-20(18)32-24(21)25(30)28(22)13-15-4-2-3-5-19(15)27/h2-12,22H,13H2,1H3. The SMILES string of the molecule is COc1ccc(C2c3c(oc4ccc(Br)cc4c3=O)C(=O)N2Cc2ccccc2Cl)cc1. The van der Waals surface area contributed by atoms with Gasteiger partial charge in [-0.2, -0.15) is 0 Å². The molecule has 1 atom stereocenters. The zero-order valence-electron chi connectivity index (χ0n) is 17.0. The molecule has 4 aromatic rings. The van der Waals surface area contributed by atoms with Crippen LogP contribution >= 0.6 is 27.5 Å². The summed E-state index contributed by atoms with van der Waals surface area (Å²) in [6.45, 7) is 0.235. The summed E-state index contributed by atoms with van der Waals surface area (Å²) < 4.78 is 12.0. The summed E-state index contributed by atoms with van der Waals surface area (Å²) in [4.78, 5) is 28.7. The summed E-state index contributed by atoms with van der Waals surface area (Å²) in [5.74, 6) is 0.408. The van der Waals surface area contributed by atoms with Gasteiger partial charge in [0.1, 0.15) is 11.3 Å². The summed E-state index contributed by atoms with van der Waals surface area (Å²) in [6.07, 6.45) is 0. The fourth-order valence-electron chi connectivity index (χ4n) is 4.10. The number of ether oxygens (including phenoxy) is 1. The Kier molecular flexibility index (Phi) is 5.27. The summed E-state index contributed by atoms with van der Waals surface area (Å²) in [5, 5.41) is 0.974. The zero-order chi connectivity index (χ0) is 22.4. The largest absolute Gasteiger partial charge is 0.497 e. The quantitative estimate of drug-likeness (QED) is 0.340. The van der Waals surface area contributed by atoms with E-state index in [0.29, 0.717) is 27.3 Å². The van der Waals surface area contributed by atoms with E-state index >= 15 is 0 Å². The average molecular weight is 511 g/mol. The highest BCUT2D eigenvalue weighted by molar-refractivity contribution is 9.10. The lowest BCUT2D eigenvalue weighted by atomic mass is 9.98. The van der Waals surface area contributed by atoms with E-state index in [0.717, 1.165) is 15.6 Å². The van der Waals surface area contributed by atoms with Crippen molar-refractivity contribution in [1.82, 2.24) is 4.90 Å². The van der Waals surface area contributed by atoms with Crippen molar-refractivity contribution in [2.75, 3.05) is 7.11 Å². The Bertz CT molecular complexity index is 1410. The Hall–Kier alpha value is -3.09. The first-order chi connectivity index (χ1) is 15.5. The Morgan fingerprint density at radius 1 is 1.06 bits per heavy atom. The number of hydrogen-bond donors (Lipinski definition) is 0. The smallest absolute Gasteiger partial charge is 0.291 e. The molecule has 0 fully saturated rings. The second kappa shape index (κ2) is 8.11. The molecule has 0 aliphatic carbocycles. The van der Waals surface area contributed by atoms with Crippen molar-refractivity contribution < 1.29 is 13.9 Å². The highest BCUT2D eigenvalue weighted by Crippen LogP contribution is 2.40. The van der Waals surface area contributed by atoms with Gasteiger partial charge in [-0.3, -0.25) is 9.59 Å². The van der Waals surface area contributed by atoms with Gasteiger partial charge in [-0.25, -0.2) is 0 Å². The van der Waals surface area contributed by atoms with Crippen molar-refractivity contribution >= 4 is 44.4 Å². The van der Waals surface area contributed by atoms with Crippen LogP contribution in [-0.2, 0) is 6.54 Å². The van der Waals surface area contributed by atoms with Gasteiger partial charge in [-0.15, -0.1) is 0 Å². The molecule has 1 unspecified atom stereocenters. The highest BCUT2D eigenvalue weighted by atomic mass is 79.9. The molecule has 160 valence electrons. The van der Waals surface area contributed by atoms with Crippen LogP contribution in [0.1, 0.15) is 33.3 Å². The first-order valence-electron chi connectivity index (χ1n) is 9.92. The first-order valence-corrected chi connectivity index (χ1v) is 11.1. The van der Waals surface area contributed by atoms with Crippen molar-refractivity contribution in [2.45, 2.75) is 12.6 Å². The molecule has 5 rings (SSSR count). The van der Waals surface area contributed by atoms with E-state index < -0.39 is 6.04 Å². The number of nitrogens with zero attached hydrogens (tertiary/aromatic N) is 1. The van der Waals surface area contributed by atoms with Gasteiger partial charge in [0.2, 0.25) is 5.76 Å². The van der Waals surface area contributed by atoms with Crippen LogP contribution < -0.4 is 10.2 Å². The molecule has 0 saturated carbocycles. The number of methoxy groups -OCH3 is 1. The van der Waals surface area contributed by atoms with Crippen LogP contribution in [0.25, 0.3) is 11.0 Å². The third kappa shape index (κ3) is 3.40. The van der Waals surface area contributed by atoms with Crippen LogP contribution in [0.5, 0.6) is 5.75 Å². The van der Waals surface area contributed by atoms with Crippen LogP contribution in [0.4, 0.5) is 0 Å². The minimum absolute atomic E-state index is 0.0673. The molecule has 32 heavy (non-hydrogen) atoms. The molecule has 0 saturated heterocycles. The lowest BCUT2D eigenvalue weighted by Crippen LogP contribution is -2.29. The van der Waals surface area contributed by atoms with Gasteiger partial charge in [0.05, 0.1) is 24.1 Å². The molecule has 7 heteroatoms. The van der Waals surface area contributed by atoms with Gasteiger partial charge in [-0.1, -0.05) is 57.9 Å². The molecule has 2 heterocycles. The van der Waals surface area contributed by atoms with Crippen molar-refractivity contribution in [3.63, 3.8) is 0 Å².